The van der Waals surface area contributed by atoms with E-state index in [1.165, 1.54) is 30.6 Å². The van der Waals surface area contributed by atoms with Gasteiger partial charge in [-0.3, -0.25) is 0 Å². The summed E-state index contributed by atoms with van der Waals surface area (Å²) in [6.07, 6.45) is 2.61. The van der Waals surface area contributed by atoms with Gasteiger partial charge in [-0.15, -0.1) is 0 Å². The van der Waals surface area contributed by atoms with Crippen LogP contribution in [0.15, 0.2) is 22.7 Å². The molecule has 18 heavy (non-hydrogen) atoms. The Labute approximate surface area is 119 Å². The van der Waals surface area contributed by atoms with Gasteiger partial charge in [0.15, 0.2) is 0 Å². The van der Waals surface area contributed by atoms with Crippen molar-refractivity contribution in [3.8, 4) is 0 Å². The van der Waals surface area contributed by atoms with E-state index in [4.69, 9.17) is 5.73 Å². The van der Waals surface area contributed by atoms with Crippen LogP contribution in [-0.4, -0.2) is 12.6 Å². The molecule has 0 saturated carbocycles. The van der Waals surface area contributed by atoms with Crippen molar-refractivity contribution in [3.63, 3.8) is 0 Å². The highest BCUT2D eigenvalue weighted by Crippen LogP contribution is 2.33. The molecule has 1 aliphatic heterocycles. The zero-order valence-electron chi connectivity index (χ0n) is 11.5. The van der Waals surface area contributed by atoms with Crippen molar-refractivity contribution < 1.29 is 0 Å². The van der Waals surface area contributed by atoms with Crippen LogP contribution < -0.4 is 10.6 Å². The zero-order chi connectivity index (χ0) is 13.3. The number of rotatable bonds is 3. The van der Waals surface area contributed by atoms with Crippen LogP contribution in [-0.2, 0) is 0 Å². The fraction of sp³-hybridized carbons (Fsp3) is 0.600. The van der Waals surface area contributed by atoms with Crippen molar-refractivity contribution in [2.45, 2.75) is 45.7 Å². The zero-order valence-corrected chi connectivity index (χ0v) is 13.1. The van der Waals surface area contributed by atoms with Crippen molar-refractivity contribution in [2.75, 3.05) is 11.4 Å². The van der Waals surface area contributed by atoms with Crippen LogP contribution >= 0.6 is 15.9 Å². The van der Waals surface area contributed by atoms with Gasteiger partial charge >= 0.3 is 0 Å². The molecule has 0 aliphatic carbocycles. The first kappa shape index (κ1) is 13.9. The highest BCUT2D eigenvalue weighted by Gasteiger charge is 2.27. The normalized spacial score (nSPS) is 21.7. The van der Waals surface area contributed by atoms with Gasteiger partial charge in [0.25, 0.3) is 0 Å². The average molecular weight is 311 g/mol. The molecule has 3 heteroatoms. The Bertz CT molecular complexity index is 415. The van der Waals surface area contributed by atoms with E-state index in [1.54, 1.807) is 0 Å². The van der Waals surface area contributed by atoms with E-state index in [0.717, 1.165) is 4.47 Å². The van der Waals surface area contributed by atoms with Crippen LogP contribution in [0.1, 0.15) is 45.2 Å². The Morgan fingerprint density at radius 1 is 1.33 bits per heavy atom. The fourth-order valence-corrected chi connectivity index (χ4v) is 3.60. The van der Waals surface area contributed by atoms with Crippen molar-refractivity contribution in [3.05, 3.63) is 28.2 Å². The molecule has 1 aliphatic rings. The molecule has 0 amide bonds. The lowest BCUT2D eigenvalue weighted by atomic mass is 10.0. The molecule has 1 fully saturated rings. The standard InChI is InChI=1S/C15H23BrN2/c1-10(2)15-5-4-8-18(15)12-6-7-13(11(3)17)14(16)9-12/h6-7,9-11,15H,4-5,8,17H2,1-3H3. The van der Waals surface area contributed by atoms with Crippen LogP contribution in [0.4, 0.5) is 5.69 Å². The van der Waals surface area contributed by atoms with E-state index in [2.05, 4.69) is 52.9 Å². The van der Waals surface area contributed by atoms with Gasteiger partial charge in [-0.25, -0.2) is 0 Å². The second kappa shape index (κ2) is 5.62. The molecule has 0 spiro atoms. The summed E-state index contributed by atoms with van der Waals surface area (Å²) in [5.74, 6) is 0.708. The molecule has 2 nitrogen and oxygen atoms in total. The smallest absolute Gasteiger partial charge is 0.0380 e. The summed E-state index contributed by atoms with van der Waals surface area (Å²) in [4.78, 5) is 2.54. The molecule has 1 aromatic carbocycles. The van der Waals surface area contributed by atoms with Crippen LogP contribution in [0.2, 0.25) is 0 Å². The number of halogens is 1. The Morgan fingerprint density at radius 2 is 2.06 bits per heavy atom. The van der Waals surface area contributed by atoms with Gasteiger partial charge in [-0.1, -0.05) is 35.8 Å². The molecule has 0 bridgehead atoms. The fourth-order valence-electron chi connectivity index (χ4n) is 2.87. The second-order valence-electron chi connectivity index (χ2n) is 5.64. The number of nitrogens with zero attached hydrogens (tertiary/aromatic N) is 1. The molecule has 1 heterocycles. The van der Waals surface area contributed by atoms with Crippen LogP contribution in [0, 0.1) is 5.92 Å². The maximum atomic E-state index is 5.95. The van der Waals surface area contributed by atoms with E-state index in [-0.39, 0.29) is 6.04 Å². The van der Waals surface area contributed by atoms with Gasteiger partial charge in [0.2, 0.25) is 0 Å². The van der Waals surface area contributed by atoms with Crippen molar-refractivity contribution >= 4 is 21.6 Å². The highest BCUT2D eigenvalue weighted by atomic mass is 79.9. The maximum Gasteiger partial charge on any atom is 0.0380 e. The number of nitrogens with two attached hydrogens (primary N) is 1. The van der Waals surface area contributed by atoms with E-state index in [1.807, 2.05) is 6.92 Å². The van der Waals surface area contributed by atoms with Crippen molar-refractivity contribution in [1.82, 2.24) is 0 Å². The Kier molecular flexibility index (Phi) is 4.33. The summed E-state index contributed by atoms with van der Waals surface area (Å²) in [5.41, 5.74) is 8.45. The number of benzene rings is 1. The third-order valence-corrected chi connectivity index (χ3v) is 4.56. The molecule has 2 rings (SSSR count). The number of hydrogen-bond donors (Lipinski definition) is 1. The van der Waals surface area contributed by atoms with Crippen LogP contribution in [0.5, 0.6) is 0 Å². The molecular formula is C15H23BrN2. The highest BCUT2D eigenvalue weighted by molar-refractivity contribution is 9.10. The first-order valence-electron chi connectivity index (χ1n) is 6.82. The molecule has 1 saturated heterocycles. The third kappa shape index (κ3) is 2.72. The molecule has 0 aromatic heterocycles. The van der Waals surface area contributed by atoms with Gasteiger partial charge in [0.1, 0.15) is 0 Å². The lowest BCUT2D eigenvalue weighted by Crippen LogP contribution is -2.33. The topological polar surface area (TPSA) is 29.3 Å². The molecule has 1 aromatic rings. The van der Waals surface area contributed by atoms with Gasteiger partial charge in [-0.05, 0) is 43.4 Å². The molecule has 2 unspecified atom stereocenters. The number of anilines is 1. The van der Waals surface area contributed by atoms with Gasteiger partial charge in [-0.2, -0.15) is 0 Å². The minimum Gasteiger partial charge on any atom is -0.368 e. The number of hydrogen-bond acceptors (Lipinski definition) is 2. The van der Waals surface area contributed by atoms with Crippen LogP contribution in [0.25, 0.3) is 0 Å². The van der Waals surface area contributed by atoms with Gasteiger partial charge in [0, 0.05) is 28.8 Å². The first-order valence-corrected chi connectivity index (χ1v) is 7.61. The van der Waals surface area contributed by atoms with Gasteiger partial charge < -0.3 is 10.6 Å². The van der Waals surface area contributed by atoms with Crippen LogP contribution in [0.3, 0.4) is 0 Å². The quantitative estimate of drug-likeness (QED) is 0.911. The summed E-state index contributed by atoms with van der Waals surface area (Å²) in [7, 11) is 0. The van der Waals surface area contributed by atoms with E-state index < -0.39 is 0 Å². The second-order valence-corrected chi connectivity index (χ2v) is 6.50. The average Bonchev–Trinajstić information content (AvgIpc) is 2.77. The minimum atomic E-state index is 0.0768. The maximum absolute atomic E-state index is 5.95. The lowest BCUT2D eigenvalue weighted by Gasteiger charge is -2.30. The predicted octanol–water partition coefficient (Wildman–Crippen LogP) is 4.09. The predicted molar refractivity (Wildman–Crippen MR) is 82.0 cm³/mol. The Morgan fingerprint density at radius 3 is 2.61 bits per heavy atom. The molecule has 0 radical (unpaired) electrons. The SMILES string of the molecule is CC(N)c1ccc(N2CCCC2C(C)C)cc1Br. The molecule has 2 atom stereocenters. The van der Waals surface area contributed by atoms with Crippen molar-refractivity contribution in [2.24, 2.45) is 11.7 Å². The summed E-state index contributed by atoms with van der Waals surface area (Å²) in [6, 6.07) is 7.34. The summed E-state index contributed by atoms with van der Waals surface area (Å²) in [5, 5.41) is 0. The minimum absolute atomic E-state index is 0.0768. The Hall–Kier alpha value is -0.540. The summed E-state index contributed by atoms with van der Waals surface area (Å²) >= 11 is 3.65. The van der Waals surface area contributed by atoms with E-state index in [0.29, 0.717) is 12.0 Å². The van der Waals surface area contributed by atoms with E-state index >= 15 is 0 Å². The third-order valence-electron chi connectivity index (χ3n) is 3.88. The van der Waals surface area contributed by atoms with Gasteiger partial charge in [0.05, 0.1) is 0 Å². The monoisotopic (exact) mass is 310 g/mol. The Balaban J connectivity index is 2.26. The molecule has 2 N–H and O–H groups in total. The molecular weight excluding hydrogens is 288 g/mol. The van der Waals surface area contributed by atoms with E-state index in [9.17, 15) is 0 Å². The summed E-state index contributed by atoms with van der Waals surface area (Å²) < 4.78 is 1.13. The molecule has 100 valence electrons. The lowest BCUT2D eigenvalue weighted by molar-refractivity contribution is 0.492. The first-order chi connectivity index (χ1) is 8.50. The largest absolute Gasteiger partial charge is 0.368 e. The summed E-state index contributed by atoms with van der Waals surface area (Å²) in [6.45, 7) is 7.82. The van der Waals surface area contributed by atoms with Crippen molar-refractivity contribution in [1.29, 1.82) is 0 Å².